The molecule has 1 aromatic carbocycles. The van der Waals surface area contributed by atoms with Gasteiger partial charge in [0.1, 0.15) is 5.92 Å². The van der Waals surface area contributed by atoms with E-state index in [-0.39, 0.29) is 5.91 Å². The summed E-state index contributed by atoms with van der Waals surface area (Å²) in [5.41, 5.74) is 0.680. The Bertz CT molecular complexity index is 471. The molecule has 0 radical (unpaired) electrons. The Kier molecular flexibility index (Phi) is 3.58. The fraction of sp³-hybridized carbons (Fsp3) is 0.250. The van der Waals surface area contributed by atoms with Crippen LogP contribution in [0.1, 0.15) is 18.4 Å². The van der Waals surface area contributed by atoms with Gasteiger partial charge in [-0.05, 0) is 11.3 Å². The molecule has 88 valence electrons. The largest absolute Gasteiger partial charge is 0.304 e. The first-order valence-corrected chi connectivity index (χ1v) is 6.32. The van der Waals surface area contributed by atoms with Crippen LogP contribution in [0.5, 0.6) is 0 Å². The number of nitrogens with one attached hydrogen (secondary N) is 1. The van der Waals surface area contributed by atoms with E-state index < -0.39 is 11.8 Å². The number of carbonyl (C=O) groups is 2. The highest BCUT2D eigenvalue weighted by atomic mass is 32.2. The highest BCUT2D eigenvalue weighted by Gasteiger charge is 2.33. The standard InChI is InChI=1S/C12H12N2O2S/c1-2-17-12-13-10(15)9(11(16)14-12)8-6-4-3-5-7-8/h3-7,9H,2H2,1H3,(H,13,14,15,16). The molecule has 1 N–H and O–H groups in total. The number of thioether (sulfide) groups is 1. The lowest BCUT2D eigenvalue weighted by molar-refractivity contribution is -0.129. The molecule has 2 rings (SSSR count). The quantitative estimate of drug-likeness (QED) is 0.808. The molecule has 1 aromatic rings. The molecule has 1 atom stereocenters. The zero-order valence-electron chi connectivity index (χ0n) is 9.34. The Morgan fingerprint density at radius 2 is 2.00 bits per heavy atom. The van der Waals surface area contributed by atoms with Crippen LogP contribution in [0.4, 0.5) is 0 Å². The molecule has 17 heavy (non-hydrogen) atoms. The van der Waals surface area contributed by atoms with Crippen LogP contribution < -0.4 is 5.32 Å². The lowest BCUT2D eigenvalue weighted by atomic mass is 9.97. The molecule has 0 saturated carbocycles. The van der Waals surface area contributed by atoms with E-state index in [9.17, 15) is 9.59 Å². The maximum absolute atomic E-state index is 11.9. The molecule has 2 amide bonds. The molecule has 1 aliphatic rings. The van der Waals surface area contributed by atoms with Gasteiger partial charge in [0.05, 0.1) is 0 Å². The molecule has 0 aromatic heterocycles. The van der Waals surface area contributed by atoms with Gasteiger partial charge in [0.25, 0.3) is 5.91 Å². The third kappa shape index (κ3) is 2.55. The first-order valence-electron chi connectivity index (χ1n) is 5.33. The molecule has 1 heterocycles. The Morgan fingerprint density at radius 3 is 2.59 bits per heavy atom. The lowest BCUT2D eigenvalue weighted by Crippen LogP contribution is -2.41. The van der Waals surface area contributed by atoms with Gasteiger partial charge in [-0.1, -0.05) is 49.0 Å². The summed E-state index contributed by atoms with van der Waals surface area (Å²) in [6.07, 6.45) is 0. The Morgan fingerprint density at radius 1 is 1.29 bits per heavy atom. The van der Waals surface area contributed by atoms with Crippen molar-refractivity contribution in [2.24, 2.45) is 4.99 Å². The SMILES string of the molecule is CCSC1=NC(=O)C(c2ccccc2)C(=O)N1. The Balaban J connectivity index is 2.27. The molecule has 5 heteroatoms. The van der Waals surface area contributed by atoms with Crippen LogP contribution in [0, 0.1) is 0 Å². The van der Waals surface area contributed by atoms with Crippen molar-refractivity contribution in [1.82, 2.24) is 5.32 Å². The van der Waals surface area contributed by atoms with Gasteiger partial charge in [-0.25, -0.2) is 0 Å². The molecule has 0 fully saturated rings. The minimum absolute atomic E-state index is 0.299. The van der Waals surface area contributed by atoms with E-state index in [0.29, 0.717) is 10.7 Å². The van der Waals surface area contributed by atoms with E-state index in [1.54, 1.807) is 24.3 Å². The first-order chi connectivity index (χ1) is 8.22. The van der Waals surface area contributed by atoms with Gasteiger partial charge in [0, 0.05) is 0 Å². The normalized spacial score (nSPS) is 19.8. The van der Waals surface area contributed by atoms with E-state index in [4.69, 9.17) is 0 Å². The van der Waals surface area contributed by atoms with Gasteiger partial charge in [-0.15, -0.1) is 0 Å². The number of hydrogen-bond donors (Lipinski definition) is 1. The van der Waals surface area contributed by atoms with Crippen LogP contribution in [-0.4, -0.2) is 22.7 Å². The summed E-state index contributed by atoms with van der Waals surface area (Å²) in [7, 11) is 0. The van der Waals surface area contributed by atoms with Gasteiger partial charge in [-0.3, -0.25) is 9.59 Å². The maximum Gasteiger partial charge on any atom is 0.265 e. The fourth-order valence-electron chi connectivity index (χ4n) is 1.63. The molecule has 0 aliphatic carbocycles. The molecular formula is C12H12N2O2S. The molecule has 0 bridgehead atoms. The number of benzene rings is 1. The van der Waals surface area contributed by atoms with Crippen molar-refractivity contribution >= 4 is 28.7 Å². The van der Waals surface area contributed by atoms with Gasteiger partial charge < -0.3 is 5.32 Å². The number of hydrogen-bond acceptors (Lipinski definition) is 3. The van der Waals surface area contributed by atoms with Gasteiger partial charge in [0.15, 0.2) is 5.17 Å². The third-order valence-electron chi connectivity index (χ3n) is 2.36. The smallest absolute Gasteiger partial charge is 0.265 e. The summed E-state index contributed by atoms with van der Waals surface area (Å²) >= 11 is 1.35. The average molecular weight is 248 g/mol. The molecule has 4 nitrogen and oxygen atoms in total. The third-order valence-corrected chi connectivity index (χ3v) is 3.12. The monoisotopic (exact) mass is 248 g/mol. The number of rotatable bonds is 2. The van der Waals surface area contributed by atoms with E-state index in [1.165, 1.54) is 11.8 Å². The maximum atomic E-state index is 11.9. The van der Waals surface area contributed by atoms with Gasteiger partial charge in [-0.2, -0.15) is 4.99 Å². The topological polar surface area (TPSA) is 58.5 Å². The number of amides is 2. The van der Waals surface area contributed by atoms with E-state index in [0.717, 1.165) is 5.75 Å². The van der Waals surface area contributed by atoms with Gasteiger partial charge in [0.2, 0.25) is 5.91 Å². The highest BCUT2D eigenvalue weighted by Crippen LogP contribution is 2.21. The number of aliphatic imine (C=N–C) groups is 1. The Labute approximate surface area is 104 Å². The average Bonchev–Trinajstić information content (AvgIpc) is 2.30. The summed E-state index contributed by atoms with van der Waals surface area (Å²) in [4.78, 5) is 27.6. The lowest BCUT2D eigenvalue weighted by Gasteiger charge is -2.19. The second-order valence-electron chi connectivity index (χ2n) is 3.52. The minimum Gasteiger partial charge on any atom is -0.304 e. The van der Waals surface area contributed by atoms with Crippen LogP contribution in [-0.2, 0) is 9.59 Å². The van der Waals surface area contributed by atoms with Crippen LogP contribution >= 0.6 is 11.8 Å². The molecule has 0 saturated heterocycles. The summed E-state index contributed by atoms with van der Waals surface area (Å²) in [6, 6.07) is 8.97. The van der Waals surface area contributed by atoms with Crippen molar-refractivity contribution < 1.29 is 9.59 Å². The number of amidine groups is 1. The van der Waals surface area contributed by atoms with Crippen LogP contribution in [0.3, 0.4) is 0 Å². The predicted octanol–water partition coefficient (Wildman–Crippen LogP) is 1.54. The van der Waals surface area contributed by atoms with E-state index in [1.807, 2.05) is 13.0 Å². The highest BCUT2D eigenvalue weighted by molar-refractivity contribution is 8.13. The van der Waals surface area contributed by atoms with E-state index >= 15 is 0 Å². The fourth-order valence-corrected chi connectivity index (χ4v) is 2.23. The minimum atomic E-state index is -0.808. The number of nitrogens with zero attached hydrogens (tertiary/aromatic N) is 1. The second-order valence-corrected chi connectivity index (χ2v) is 4.77. The van der Waals surface area contributed by atoms with Crippen molar-refractivity contribution in [1.29, 1.82) is 0 Å². The molecular weight excluding hydrogens is 236 g/mol. The van der Waals surface area contributed by atoms with Crippen molar-refractivity contribution in [3.63, 3.8) is 0 Å². The second kappa shape index (κ2) is 5.14. The van der Waals surface area contributed by atoms with Gasteiger partial charge >= 0.3 is 0 Å². The summed E-state index contributed by atoms with van der Waals surface area (Å²) in [6.45, 7) is 1.94. The number of carbonyl (C=O) groups excluding carboxylic acids is 2. The molecule has 0 spiro atoms. The molecule has 1 unspecified atom stereocenters. The summed E-state index contributed by atoms with van der Waals surface area (Å²) in [5, 5.41) is 3.05. The van der Waals surface area contributed by atoms with Crippen molar-refractivity contribution in [3.8, 4) is 0 Å². The molecule has 1 aliphatic heterocycles. The van der Waals surface area contributed by atoms with Crippen LogP contribution in [0.25, 0.3) is 0 Å². The van der Waals surface area contributed by atoms with Crippen molar-refractivity contribution in [2.45, 2.75) is 12.8 Å². The summed E-state index contributed by atoms with van der Waals surface area (Å²) in [5.74, 6) is -0.733. The van der Waals surface area contributed by atoms with Crippen LogP contribution in [0.15, 0.2) is 35.3 Å². The van der Waals surface area contributed by atoms with Crippen molar-refractivity contribution in [2.75, 3.05) is 5.75 Å². The summed E-state index contributed by atoms with van der Waals surface area (Å²) < 4.78 is 0. The van der Waals surface area contributed by atoms with Crippen molar-refractivity contribution in [3.05, 3.63) is 35.9 Å². The Hall–Kier alpha value is -1.62. The predicted molar refractivity (Wildman–Crippen MR) is 67.9 cm³/mol. The zero-order chi connectivity index (χ0) is 12.3. The zero-order valence-corrected chi connectivity index (χ0v) is 10.2. The van der Waals surface area contributed by atoms with Crippen LogP contribution in [0.2, 0.25) is 0 Å². The van der Waals surface area contributed by atoms with E-state index in [2.05, 4.69) is 10.3 Å². The first kappa shape index (κ1) is 11.9.